The number of alkyl halides is 6. The SMILES string of the molecule is O=C(CCC(F)(F)F)N[C@H](O)c1cnn2cc([C@@H](NC(=O)[C@@H]3C[C@H]3F)C3CCC(F)(F)CC3)nc2c1. The van der Waals surface area contributed by atoms with E-state index in [1.54, 1.807) is 0 Å². The summed E-state index contributed by atoms with van der Waals surface area (Å²) in [6.45, 7) is 0. The average molecular weight is 521 g/mol. The third kappa shape index (κ3) is 6.45. The minimum Gasteiger partial charge on any atom is -0.369 e. The Morgan fingerprint density at radius 1 is 1.22 bits per heavy atom. The third-order valence-electron chi connectivity index (χ3n) is 6.51. The van der Waals surface area contributed by atoms with Crippen molar-refractivity contribution in [3.05, 3.63) is 29.7 Å². The van der Waals surface area contributed by atoms with Gasteiger partial charge in [-0.25, -0.2) is 22.7 Å². The number of aliphatic hydroxyl groups is 1. The average Bonchev–Trinajstić information content (AvgIpc) is 3.37. The number of aromatic nitrogens is 3. The fourth-order valence-corrected chi connectivity index (χ4v) is 4.30. The first-order chi connectivity index (χ1) is 16.8. The predicted octanol–water partition coefficient (Wildman–Crippen LogP) is 3.52. The molecule has 14 heteroatoms. The van der Waals surface area contributed by atoms with Gasteiger partial charge in [-0.15, -0.1) is 0 Å². The first-order valence-electron chi connectivity index (χ1n) is 11.5. The molecule has 0 bridgehead atoms. The van der Waals surface area contributed by atoms with Crippen LogP contribution in [-0.2, 0) is 9.59 Å². The summed E-state index contributed by atoms with van der Waals surface area (Å²) in [4.78, 5) is 28.6. The second kappa shape index (κ2) is 9.87. The minimum absolute atomic E-state index is 0.0520. The van der Waals surface area contributed by atoms with Crippen LogP contribution in [0.2, 0.25) is 0 Å². The van der Waals surface area contributed by atoms with Crippen molar-refractivity contribution in [3.63, 3.8) is 0 Å². The maximum atomic E-state index is 13.7. The summed E-state index contributed by atoms with van der Waals surface area (Å²) in [6, 6.07) is 0.580. The van der Waals surface area contributed by atoms with Crippen molar-refractivity contribution in [1.82, 2.24) is 25.2 Å². The topological polar surface area (TPSA) is 109 Å². The normalized spacial score (nSPS) is 23.8. The molecule has 2 heterocycles. The van der Waals surface area contributed by atoms with E-state index in [0.29, 0.717) is 5.69 Å². The molecule has 36 heavy (non-hydrogen) atoms. The highest BCUT2D eigenvalue weighted by atomic mass is 19.4. The highest BCUT2D eigenvalue weighted by Gasteiger charge is 2.46. The van der Waals surface area contributed by atoms with Crippen molar-refractivity contribution in [2.45, 2.75) is 75.5 Å². The van der Waals surface area contributed by atoms with E-state index >= 15 is 0 Å². The van der Waals surface area contributed by atoms with Gasteiger partial charge in [0.25, 0.3) is 0 Å². The van der Waals surface area contributed by atoms with Gasteiger partial charge in [0.2, 0.25) is 17.7 Å². The molecular weight excluding hydrogens is 496 g/mol. The van der Waals surface area contributed by atoms with Crippen LogP contribution in [0.5, 0.6) is 0 Å². The van der Waals surface area contributed by atoms with Gasteiger partial charge in [-0.3, -0.25) is 9.59 Å². The Kier molecular flexibility index (Phi) is 7.17. The zero-order chi connectivity index (χ0) is 26.3. The molecule has 0 spiro atoms. The van der Waals surface area contributed by atoms with Gasteiger partial charge in [0.15, 0.2) is 11.9 Å². The number of imidazole rings is 1. The molecule has 0 unspecified atom stereocenters. The van der Waals surface area contributed by atoms with Crippen molar-refractivity contribution >= 4 is 17.5 Å². The molecule has 0 saturated heterocycles. The van der Waals surface area contributed by atoms with E-state index in [0.717, 1.165) is 0 Å². The van der Waals surface area contributed by atoms with Crippen molar-refractivity contribution in [2.75, 3.05) is 0 Å². The van der Waals surface area contributed by atoms with Crippen molar-refractivity contribution in [2.24, 2.45) is 11.8 Å². The third-order valence-corrected chi connectivity index (χ3v) is 6.51. The van der Waals surface area contributed by atoms with Crippen LogP contribution in [0.4, 0.5) is 26.3 Å². The standard InChI is InChI=1S/C22H25F6N5O3/c23-14-8-13(14)20(36)32-18(11-1-4-21(24,25)5-2-11)15-10-33-16(30-15)7-12(9-29-33)19(35)31-17(34)3-6-22(26,27)28/h7,9-11,13-14,18-19,35H,1-6,8H2,(H,31,34)(H,32,36)/t13-,14-,18+,19-/m1/s1. The Hall–Kier alpha value is -2.90. The highest BCUT2D eigenvalue weighted by molar-refractivity contribution is 5.82. The molecular formula is C22H25F6N5O3. The van der Waals surface area contributed by atoms with Crippen LogP contribution in [0.3, 0.4) is 0 Å². The number of rotatable bonds is 8. The quantitative estimate of drug-likeness (QED) is 0.364. The molecule has 0 aliphatic heterocycles. The van der Waals surface area contributed by atoms with Gasteiger partial charge in [0.05, 0.1) is 36.5 Å². The molecule has 2 amide bonds. The summed E-state index contributed by atoms with van der Waals surface area (Å²) in [5, 5.41) is 19.1. The lowest BCUT2D eigenvalue weighted by Gasteiger charge is -2.33. The van der Waals surface area contributed by atoms with E-state index in [4.69, 9.17) is 0 Å². The zero-order valence-corrected chi connectivity index (χ0v) is 18.9. The van der Waals surface area contributed by atoms with Gasteiger partial charge < -0.3 is 15.7 Å². The summed E-state index contributed by atoms with van der Waals surface area (Å²) in [7, 11) is 0. The first kappa shape index (κ1) is 26.2. The number of hydrogen-bond acceptors (Lipinski definition) is 5. The summed E-state index contributed by atoms with van der Waals surface area (Å²) in [6.07, 6.45) is -7.29. The van der Waals surface area contributed by atoms with E-state index in [-0.39, 0.29) is 49.2 Å². The molecule has 4 atom stereocenters. The number of aliphatic hydroxyl groups excluding tert-OH is 1. The summed E-state index contributed by atoms with van der Waals surface area (Å²) >= 11 is 0. The van der Waals surface area contributed by atoms with Crippen LogP contribution >= 0.6 is 0 Å². The number of nitrogens with one attached hydrogen (secondary N) is 2. The fourth-order valence-electron chi connectivity index (χ4n) is 4.30. The molecule has 2 aliphatic rings. The van der Waals surface area contributed by atoms with Crippen LogP contribution in [0.1, 0.15) is 68.5 Å². The number of hydrogen-bond donors (Lipinski definition) is 3. The Balaban J connectivity index is 1.51. The van der Waals surface area contributed by atoms with Gasteiger partial charge in [-0.1, -0.05) is 0 Å². The Morgan fingerprint density at radius 2 is 1.89 bits per heavy atom. The highest BCUT2D eigenvalue weighted by Crippen LogP contribution is 2.42. The first-order valence-corrected chi connectivity index (χ1v) is 11.5. The number of carbonyl (C=O) groups excluding carboxylic acids is 2. The Labute approximate surface area is 201 Å². The van der Waals surface area contributed by atoms with Gasteiger partial charge in [-0.2, -0.15) is 18.3 Å². The Bertz CT molecular complexity index is 1110. The van der Waals surface area contributed by atoms with Crippen LogP contribution in [0.25, 0.3) is 5.65 Å². The van der Waals surface area contributed by atoms with Gasteiger partial charge >= 0.3 is 6.18 Å². The van der Waals surface area contributed by atoms with E-state index < -0.39 is 61.1 Å². The number of amides is 2. The number of nitrogens with zero attached hydrogens (tertiary/aromatic N) is 3. The molecule has 2 fully saturated rings. The molecule has 4 rings (SSSR count). The van der Waals surface area contributed by atoms with E-state index in [2.05, 4.69) is 15.4 Å². The summed E-state index contributed by atoms with van der Waals surface area (Å²) < 4.78 is 79.0. The van der Waals surface area contributed by atoms with E-state index in [9.17, 15) is 41.0 Å². The smallest absolute Gasteiger partial charge is 0.369 e. The molecule has 0 radical (unpaired) electrons. The van der Waals surface area contributed by atoms with Crippen molar-refractivity contribution < 1.29 is 41.0 Å². The predicted molar refractivity (Wildman–Crippen MR) is 112 cm³/mol. The maximum absolute atomic E-state index is 13.7. The molecule has 2 saturated carbocycles. The molecule has 8 nitrogen and oxygen atoms in total. The molecule has 2 aliphatic carbocycles. The van der Waals surface area contributed by atoms with Gasteiger partial charge in [0, 0.05) is 24.8 Å². The summed E-state index contributed by atoms with van der Waals surface area (Å²) in [5.41, 5.74) is 0.542. The van der Waals surface area contributed by atoms with Gasteiger partial charge in [-0.05, 0) is 31.2 Å². The zero-order valence-electron chi connectivity index (χ0n) is 18.9. The summed E-state index contributed by atoms with van der Waals surface area (Å²) in [5.74, 6) is -5.47. The van der Waals surface area contributed by atoms with Gasteiger partial charge in [0.1, 0.15) is 6.17 Å². The lowest BCUT2D eigenvalue weighted by molar-refractivity contribution is -0.145. The lowest BCUT2D eigenvalue weighted by Crippen LogP contribution is -2.38. The molecule has 2 aromatic rings. The fraction of sp³-hybridized carbons (Fsp3) is 0.636. The second-order valence-electron chi connectivity index (χ2n) is 9.38. The van der Waals surface area contributed by atoms with Crippen LogP contribution in [0.15, 0.2) is 18.5 Å². The Morgan fingerprint density at radius 3 is 2.50 bits per heavy atom. The van der Waals surface area contributed by atoms with Crippen LogP contribution in [-0.4, -0.2) is 49.8 Å². The maximum Gasteiger partial charge on any atom is 0.389 e. The number of fused-ring (bicyclic) bond motifs is 1. The molecule has 0 aromatic carbocycles. The minimum atomic E-state index is -4.51. The van der Waals surface area contributed by atoms with Crippen LogP contribution < -0.4 is 10.6 Å². The molecule has 3 N–H and O–H groups in total. The van der Waals surface area contributed by atoms with Crippen molar-refractivity contribution in [1.29, 1.82) is 0 Å². The van der Waals surface area contributed by atoms with E-state index in [1.807, 2.05) is 5.32 Å². The molecule has 2 aromatic heterocycles. The molecule has 198 valence electrons. The largest absolute Gasteiger partial charge is 0.389 e. The monoisotopic (exact) mass is 521 g/mol. The number of carbonyl (C=O) groups is 2. The van der Waals surface area contributed by atoms with Crippen LogP contribution in [0, 0.1) is 11.8 Å². The van der Waals surface area contributed by atoms with Crippen molar-refractivity contribution in [3.8, 4) is 0 Å². The number of halogens is 6. The lowest BCUT2D eigenvalue weighted by atomic mass is 9.81. The second-order valence-corrected chi connectivity index (χ2v) is 9.38. The van der Waals surface area contributed by atoms with E-state index in [1.165, 1.54) is 23.0 Å².